The van der Waals surface area contributed by atoms with Crippen molar-refractivity contribution in [3.8, 4) is 55.6 Å². The molecule has 740 valence electrons. The van der Waals surface area contributed by atoms with E-state index in [9.17, 15) is 0 Å². The normalized spacial score (nSPS) is 21.5. The third-order valence-electron chi connectivity index (χ3n) is 38.4. The van der Waals surface area contributed by atoms with Crippen LogP contribution in [0.3, 0.4) is 0 Å². The van der Waals surface area contributed by atoms with E-state index in [-0.39, 0.29) is 5.41 Å². The predicted molar refractivity (Wildman–Crippen MR) is 624 cm³/mol. The minimum absolute atomic E-state index is 0.00662. The van der Waals surface area contributed by atoms with Gasteiger partial charge in [-0.3, -0.25) is 0 Å². The van der Waals surface area contributed by atoms with Crippen molar-refractivity contribution >= 4 is 73.1 Å². The number of nitrogens with zero attached hydrogens (tertiary/aromatic N) is 3. The van der Waals surface area contributed by atoms with Crippen molar-refractivity contribution < 1.29 is 4.42 Å². The quantitative estimate of drug-likeness (QED) is 0.0759. The van der Waals surface area contributed by atoms with Gasteiger partial charge < -0.3 is 19.1 Å². The summed E-state index contributed by atoms with van der Waals surface area (Å²) in [5, 5.41) is 2.34. The Morgan fingerprint density at radius 3 is 0.899 bits per heavy atom. The van der Waals surface area contributed by atoms with Gasteiger partial charge in [-0.05, 0) is 412 Å². The smallest absolute Gasteiger partial charge is 0.143 e. The first-order valence-electron chi connectivity index (χ1n) is 57.4. The van der Waals surface area contributed by atoms with E-state index >= 15 is 0 Å². The summed E-state index contributed by atoms with van der Waals surface area (Å²) in [5.74, 6) is 9.94. The second-order valence-electron chi connectivity index (χ2n) is 47.0. The van der Waals surface area contributed by atoms with Crippen LogP contribution in [0.4, 0.5) is 51.2 Å². The topological polar surface area (TPSA) is 22.9 Å². The zero-order valence-corrected chi connectivity index (χ0v) is 87.0. The fourth-order valence-corrected chi connectivity index (χ4v) is 30.8. The lowest BCUT2D eigenvalue weighted by molar-refractivity contribution is 0.420. The number of para-hydroxylation sites is 2. The average molecular weight is 1940 g/mol. The van der Waals surface area contributed by atoms with Crippen molar-refractivity contribution in [3.05, 3.63) is 473 Å². The molecule has 9 saturated carbocycles. The SMILES string of the molecule is CC1(C)c2ccccc2-c2ccc(-c3ccc(N(c4ccc(C5CCCCC5)cc4)c4ccc(C5CC6CCC5C6)cc4)cc3)cc21.c1ccc(C2(c3ccccc3)c3ccccc3-c3ccc(-c4ccc(N(c5ccc(C6CCCCC6)cc5)c5ccc(C6CC7CCC6C7)cc5)cc4)cc32)cc1.c1ccc2c(c1)oc1c(-c3ccc(N(c4ccc(C5CCCCC5)cc4)c4ccc(C5CC6CCC5C6)cc4)cc3)cccc12. The summed E-state index contributed by atoms with van der Waals surface area (Å²) >= 11 is 0. The maximum atomic E-state index is 6.38. The molecule has 11 aliphatic rings. The van der Waals surface area contributed by atoms with E-state index < -0.39 is 5.41 Å². The van der Waals surface area contributed by atoms with Crippen LogP contribution in [0.5, 0.6) is 0 Å². The Morgan fingerprint density at radius 1 is 0.215 bits per heavy atom. The number of fused-ring (bicyclic) bond motifs is 15. The standard InChI is InChI=1S/C56H51N.C46H47N.C43H41NO/c1-4-12-40(13-5-1)41-22-29-48(30-23-41)57(50-33-26-43(27-34-50)53-37-39-20-21-45(53)36-39)49-31-24-42(25-32-49)44-28-35-52-51-18-10-11-19-54(51)56(55(52)38-44,46-14-6-2-7-15-46)47-16-8-3-9-17-47;1-46(2)44-11-7-6-10-41(44)42-27-20-36(30-45(42)46)34-16-23-39(24-17-34)47(38-21-14-33(15-22-38)32-8-4-3-5-9-32)40-25-18-35(19-26-40)43-29-31-12-13-37(43)28-31;1-2-7-30(8-3-1)31-15-21-35(22-16-31)44(37-25-19-33(20-26-37)41-28-29-13-14-34(41)27-29)36-23-17-32(18-24-36)38-10-6-11-40-39-9-4-5-12-42(39)45-43(38)40/h2-3,6-11,14-19,22-35,38-40,45,53H,1,4-5,12-13,20-21,36-37H2;6-7,10-11,14-27,30-32,37,43H,3-5,8-9,12-13,28-29H2,1-2H3;4-6,9-12,15-26,29-30,34,41H,1-3,7-8,13-14,27-28H2. The van der Waals surface area contributed by atoms with Gasteiger partial charge in [0, 0.05) is 72.9 Å². The summed E-state index contributed by atoms with van der Waals surface area (Å²) in [7, 11) is 0. The molecule has 18 aromatic rings. The van der Waals surface area contributed by atoms with Crippen LogP contribution in [0, 0.1) is 35.5 Å². The van der Waals surface area contributed by atoms with E-state index in [0.29, 0.717) is 11.8 Å². The number of furan rings is 1. The van der Waals surface area contributed by atoms with Gasteiger partial charge in [-0.15, -0.1) is 0 Å². The highest BCUT2D eigenvalue weighted by atomic mass is 16.3. The first kappa shape index (κ1) is 93.5. The molecule has 9 unspecified atom stereocenters. The van der Waals surface area contributed by atoms with E-state index in [0.717, 1.165) is 75.9 Å². The van der Waals surface area contributed by atoms with Crippen molar-refractivity contribution in [3.63, 3.8) is 0 Å². The third kappa shape index (κ3) is 17.6. The zero-order chi connectivity index (χ0) is 99.0. The summed E-state index contributed by atoms with van der Waals surface area (Å²) < 4.78 is 6.38. The van der Waals surface area contributed by atoms with Gasteiger partial charge in [-0.2, -0.15) is 0 Å². The second kappa shape index (κ2) is 40.1. The van der Waals surface area contributed by atoms with Crippen LogP contribution < -0.4 is 14.7 Å². The molecule has 29 rings (SSSR count). The highest BCUT2D eigenvalue weighted by Crippen LogP contribution is 2.61. The van der Waals surface area contributed by atoms with E-state index in [1.165, 1.54) is 347 Å². The minimum Gasteiger partial charge on any atom is -0.455 e. The second-order valence-corrected chi connectivity index (χ2v) is 47.0. The first-order valence-corrected chi connectivity index (χ1v) is 57.4. The zero-order valence-electron chi connectivity index (χ0n) is 87.0. The molecular weight excluding hydrogens is 1800 g/mol. The molecule has 0 radical (unpaired) electrons. The van der Waals surface area contributed by atoms with Crippen molar-refractivity contribution in [2.75, 3.05) is 14.7 Å². The molecule has 0 N–H and O–H groups in total. The van der Waals surface area contributed by atoms with Crippen LogP contribution in [0.2, 0.25) is 0 Å². The summed E-state index contributed by atoms with van der Waals surface area (Å²) in [6, 6.07) is 154. The molecule has 11 aliphatic carbocycles. The Hall–Kier alpha value is -14.1. The van der Waals surface area contributed by atoms with E-state index in [2.05, 4.69) is 429 Å². The number of rotatable bonds is 20. The van der Waals surface area contributed by atoms with Crippen LogP contribution in [0.1, 0.15) is 289 Å². The first-order chi connectivity index (χ1) is 73.5. The van der Waals surface area contributed by atoms with Gasteiger partial charge >= 0.3 is 0 Å². The number of hydrogen-bond acceptors (Lipinski definition) is 4. The highest BCUT2D eigenvalue weighted by molar-refractivity contribution is 6.09. The van der Waals surface area contributed by atoms with Crippen molar-refractivity contribution in [1.29, 1.82) is 0 Å². The molecule has 149 heavy (non-hydrogen) atoms. The molecule has 6 bridgehead atoms. The number of benzene rings is 17. The van der Waals surface area contributed by atoms with Gasteiger partial charge in [0.25, 0.3) is 0 Å². The van der Waals surface area contributed by atoms with E-state index in [1.54, 1.807) is 5.56 Å². The molecular formula is C145H139N3O. The summed E-state index contributed by atoms with van der Waals surface area (Å²) in [4.78, 5) is 7.36. The maximum Gasteiger partial charge on any atom is 0.143 e. The lowest BCUT2D eigenvalue weighted by Crippen LogP contribution is -2.28. The predicted octanol–water partition coefficient (Wildman–Crippen LogP) is 40.9. The molecule has 9 atom stereocenters. The molecule has 0 spiro atoms. The van der Waals surface area contributed by atoms with Gasteiger partial charge in [-0.25, -0.2) is 0 Å². The highest BCUT2D eigenvalue weighted by Gasteiger charge is 2.48. The Morgan fingerprint density at radius 2 is 0.517 bits per heavy atom. The van der Waals surface area contributed by atoms with Crippen LogP contribution >= 0.6 is 0 Å². The Bertz CT molecular complexity index is 7760. The van der Waals surface area contributed by atoms with E-state index in [1.807, 2.05) is 6.07 Å². The summed E-state index contributed by atoms with van der Waals surface area (Å²) in [6.45, 7) is 4.73. The minimum atomic E-state index is -0.408. The number of anilines is 9. The third-order valence-corrected chi connectivity index (χ3v) is 38.4. The summed E-state index contributed by atoms with van der Waals surface area (Å²) in [6.07, 6.45) is 37.4. The fourth-order valence-electron chi connectivity index (χ4n) is 30.8. The molecule has 4 heteroatoms. The molecule has 1 heterocycles. The van der Waals surface area contributed by atoms with Crippen LogP contribution in [-0.4, -0.2) is 0 Å². The van der Waals surface area contributed by atoms with Gasteiger partial charge in [0.1, 0.15) is 11.2 Å². The van der Waals surface area contributed by atoms with Crippen molar-refractivity contribution in [2.24, 2.45) is 35.5 Å². The van der Waals surface area contributed by atoms with Crippen molar-refractivity contribution in [1.82, 2.24) is 0 Å². The fraction of sp³-hybridized carbons (Fsp3) is 0.297. The lowest BCUT2D eigenvalue weighted by Gasteiger charge is -2.34. The molecule has 4 nitrogen and oxygen atoms in total. The lowest BCUT2D eigenvalue weighted by atomic mass is 9.67. The summed E-state index contributed by atoms with van der Waals surface area (Å²) in [5.41, 5.74) is 42.4. The van der Waals surface area contributed by atoms with Crippen LogP contribution in [-0.2, 0) is 10.8 Å². The van der Waals surface area contributed by atoms with Crippen LogP contribution in [0.15, 0.2) is 411 Å². The Balaban J connectivity index is 0.000000111. The van der Waals surface area contributed by atoms with Gasteiger partial charge in [0.15, 0.2) is 0 Å². The maximum absolute atomic E-state index is 6.38. The average Bonchev–Trinajstić information content (AvgIpc) is 1.53. The Kier molecular flexibility index (Phi) is 25.2. The molecule has 0 saturated heterocycles. The van der Waals surface area contributed by atoms with Crippen molar-refractivity contribution in [2.45, 2.75) is 234 Å². The van der Waals surface area contributed by atoms with E-state index in [4.69, 9.17) is 4.42 Å². The largest absolute Gasteiger partial charge is 0.455 e. The van der Waals surface area contributed by atoms with Gasteiger partial charge in [0.2, 0.25) is 0 Å². The molecule has 9 fully saturated rings. The Labute approximate surface area is 883 Å². The molecule has 0 aliphatic heterocycles. The van der Waals surface area contributed by atoms with Gasteiger partial charge in [0.05, 0.1) is 5.41 Å². The van der Waals surface area contributed by atoms with Crippen LogP contribution in [0.25, 0.3) is 77.6 Å². The molecule has 17 aromatic carbocycles. The monoisotopic (exact) mass is 1940 g/mol. The molecule has 0 amide bonds. The van der Waals surface area contributed by atoms with Gasteiger partial charge in [-0.1, -0.05) is 370 Å². The number of hydrogen-bond donors (Lipinski definition) is 0. The molecule has 1 aromatic heterocycles.